The van der Waals surface area contributed by atoms with Crippen LogP contribution < -0.4 is 0 Å². The molecule has 0 aromatic rings. The molecule has 0 amide bonds. The van der Waals surface area contributed by atoms with Gasteiger partial charge in [0, 0.05) is 11.5 Å². The van der Waals surface area contributed by atoms with Gasteiger partial charge in [-0.3, -0.25) is 0 Å². The van der Waals surface area contributed by atoms with Crippen molar-refractivity contribution >= 4 is 5.97 Å². The highest BCUT2D eigenvalue weighted by molar-refractivity contribution is 5.91. The van der Waals surface area contributed by atoms with Gasteiger partial charge in [-0.15, -0.1) is 0 Å². The fourth-order valence-electron chi connectivity index (χ4n) is 5.47. The quantitative estimate of drug-likeness (QED) is 0.539. The van der Waals surface area contributed by atoms with Crippen molar-refractivity contribution in [3.05, 3.63) is 23.3 Å². The van der Waals surface area contributed by atoms with E-state index in [9.17, 15) is 4.79 Å². The number of hydrogen-bond acceptors (Lipinski definition) is 2. The second-order valence-electron chi connectivity index (χ2n) is 8.43. The smallest absolute Gasteiger partial charge is 0.334 e. The van der Waals surface area contributed by atoms with Crippen molar-refractivity contribution in [1.82, 2.24) is 0 Å². The van der Waals surface area contributed by atoms with E-state index in [0.29, 0.717) is 23.9 Å². The Labute approximate surface area is 135 Å². The second kappa shape index (κ2) is 5.54. The van der Waals surface area contributed by atoms with Gasteiger partial charge in [-0.1, -0.05) is 38.0 Å². The van der Waals surface area contributed by atoms with Crippen molar-refractivity contribution in [3.8, 4) is 0 Å². The minimum Gasteiger partial charge on any atom is -0.462 e. The third-order valence-electron chi connectivity index (χ3n) is 6.73. The molecule has 0 radical (unpaired) electrons. The third kappa shape index (κ3) is 2.45. The van der Waals surface area contributed by atoms with Crippen LogP contribution in [-0.2, 0) is 9.53 Å². The molecule has 3 rings (SSSR count). The van der Waals surface area contributed by atoms with Gasteiger partial charge in [-0.2, -0.15) is 0 Å². The molecule has 0 bridgehead atoms. The van der Waals surface area contributed by atoms with E-state index in [1.54, 1.807) is 0 Å². The predicted octanol–water partition coefficient (Wildman–Crippen LogP) is 5.05. The molecule has 0 spiro atoms. The lowest BCUT2D eigenvalue weighted by atomic mass is 9.47. The van der Waals surface area contributed by atoms with E-state index in [1.807, 2.05) is 0 Å². The van der Waals surface area contributed by atoms with Crippen LogP contribution in [0.5, 0.6) is 0 Å². The molecule has 1 aliphatic heterocycles. The van der Waals surface area contributed by atoms with Gasteiger partial charge >= 0.3 is 5.97 Å². The zero-order valence-electron chi connectivity index (χ0n) is 14.6. The van der Waals surface area contributed by atoms with Gasteiger partial charge in [-0.25, -0.2) is 4.79 Å². The van der Waals surface area contributed by atoms with Crippen molar-refractivity contribution in [2.75, 3.05) is 6.61 Å². The zero-order chi connectivity index (χ0) is 16.0. The fraction of sp³-hybridized carbons (Fsp3) is 0.750. The van der Waals surface area contributed by atoms with Gasteiger partial charge < -0.3 is 4.74 Å². The molecule has 0 aromatic carbocycles. The Morgan fingerprint density at radius 2 is 2.14 bits per heavy atom. The van der Waals surface area contributed by atoms with Gasteiger partial charge in [-0.05, 0) is 62.7 Å². The monoisotopic (exact) mass is 302 g/mol. The highest BCUT2D eigenvalue weighted by Gasteiger charge is 2.56. The lowest BCUT2D eigenvalue weighted by Crippen LogP contribution is -2.49. The van der Waals surface area contributed by atoms with Gasteiger partial charge in [0.1, 0.15) is 0 Å². The zero-order valence-corrected chi connectivity index (χ0v) is 14.6. The highest BCUT2D eigenvalue weighted by Crippen LogP contribution is 2.62. The number of cyclic esters (lactones) is 1. The van der Waals surface area contributed by atoms with Crippen LogP contribution in [0.3, 0.4) is 0 Å². The molecule has 2 nitrogen and oxygen atoms in total. The van der Waals surface area contributed by atoms with Crippen LogP contribution in [0.4, 0.5) is 0 Å². The summed E-state index contributed by atoms with van der Waals surface area (Å²) in [5.74, 6) is 0.964. The Balaban J connectivity index is 1.86. The van der Waals surface area contributed by atoms with E-state index in [1.165, 1.54) is 37.7 Å². The van der Waals surface area contributed by atoms with Crippen molar-refractivity contribution in [2.45, 2.75) is 66.2 Å². The standard InChI is InChI=1S/C20H30O2/c1-14(2)7-5-10-19(3)11-6-12-20(4)16-13-22-18(21)15(16)8-9-17(19)20/h7-8,16-17H,5-6,9-13H2,1-4H3/t16-,17-,19+,20+/m0/s1. The van der Waals surface area contributed by atoms with Crippen molar-refractivity contribution in [2.24, 2.45) is 22.7 Å². The van der Waals surface area contributed by atoms with E-state index in [-0.39, 0.29) is 11.4 Å². The Kier molecular flexibility index (Phi) is 3.99. The number of rotatable bonds is 3. The summed E-state index contributed by atoms with van der Waals surface area (Å²) in [6, 6.07) is 0. The number of esters is 1. The molecule has 2 aliphatic carbocycles. The minimum absolute atomic E-state index is 0.0542. The van der Waals surface area contributed by atoms with Crippen LogP contribution in [0.1, 0.15) is 66.2 Å². The summed E-state index contributed by atoms with van der Waals surface area (Å²) in [5, 5.41) is 0. The van der Waals surface area contributed by atoms with Gasteiger partial charge in [0.15, 0.2) is 0 Å². The number of allylic oxidation sites excluding steroid dienone is 3. The number of carbonyl (C=O) groups is 1. The molecule has 2 fully saturated rings. The maximum absolute atomic E-state index is 11.9. The van der Waals surface area contributed by atoms with Crippen LogP contribution in [-0.4, -0.2) is 12.6 Å². The molecule has 3 aliphatic rings. The maximum Gasteiger partial charge on any atom is 0.334 e. The first-order valence-corrected chi connectivity index (χ1v) is 8.87. The van der Waals surface area contributed by atoms with Gasteiger partial charge in [0.25, 0.3) is 0 Å². The van der Waals surface area contributed by atoms with Crippen LogP contribution >= 0.6 is 0 Å². The van der Waals surface area contributed by atoms with E-state index >= 15 is 0 Å². The van der Waals surface area contributed by atoms with Gasteiger partial charge in [0.2, 0.25) is 0 Å². The van der Waals surface area contributed by atoms with Crippen LogP contribution in [0.2, 0.25) is 0 Å². The maximum atomic E-state index is 11.9. The SMILES string of the molecule is CC(C)=CCC[C@]1(C)CCC[C@]2(C)[C@H]3COC(=O)C3=CC[C@@H]12. The molecule has 1 saturated heterocycles. The Morgan fingerprint density at radius 1 is 1.36 bits per heavy atom. The number of fused-ring (bicyclic) bond motifs is 3. The van der Waals surface area contributed by atoms with Crippen molar-refractivity contribution in [1.29, 1.82) is 0 Å². The number of hydrogen-bond donors (Lipinski definition) is 0. The summed E-state index contributed by atoms with van der Waals surface area (Å²) >= 11 is 0. The minimum atomic E-state index is -0.0542. The summed E-state index contributed by atoms with van der Waals surface area (Å²) in [5.41, 5.74) is 3.04. The molecule has 0 unspecified atom stereocenters. The first-order valence-electron chi connectivity index (χ1n) is 8.87. The lowest BCUT2D eigenvalue weighted by Gasteiger charge is -2.56. The first kappa shape index (κ1) is 15.8. The highest BCUT2D eigenvalue weighted by atomic mass is 16.5. The Hall–Kier alpha value is -1.05. The molecular formula is C20H30O2. The summed E-state index contributed by atoms with van der Waals surface area (Å²) in [6.45, 7) is 9.90. The normalized spacial score (nSPS) is 40.4. The summed E-state index contributed by atoms with van der Waals surface area (Å²) < 4.78 is 5.38. The molecule has 0 N–H and O–H groups in total. The molecule has 1 saturated carbocycles. The van der Waals surface area contributed by atoms with Crippen LogP contribution in [0.25, 0.3) is 0 Å². The molecule has 4 atom stereocenters. The molecule has 2 heteroatoms. The van der Waals surface area contributed by atoms with E-state index in [2.05, 4.69) is 39.8 Å². The van der Waals surface area contributed by atoms with Crippen molar-refractivity contribution < 1.29 is 9.53 Å². The molecule has 1 heterocycles. The van der Waals surface area contributed by atoms with Gasteiger partial charge in [0.05, 0.1) is 6.61 Å². The summed E-state index contributed by atoms with van der Waals surface area (Å²) in [4.78, 5) is 11.9. The third-order valence-corrected chi connectivity index (χ3v) is 6.73. The number of ether oxygens (including phenoxy) is 1. The average Bonchev–Trinajstić information content (AvgIpc) is 2.81. The molecule has 0 aromatic heterocycles. The first-order chi connectivity index (χ1) is 10.4. The fourth-order valence-corrected chi connectivity index (χ4v) is 5.47. The summed E-state index contributed by atoms with van der Waals surface area (Å²) in [6.07, 6.45) is 12.0. The molecule has 122 valence electrons. The molecular weight excluding hydrogens is 272 g/mol. The van der Waals surface area contributed by atoms with E-state index < -0.39 is 0 Å². The lowest BCUT2D eigenvalue weighted by molar-refractivity contribution is -0.135. The van der Waals surface area contributed by atoms with Crippen molar-refractivity contribution in [3.63, 3.8) is 0 Å². The summed E-state index contributed by atoms with van der Waals surface area (Å²) in [7, 11) is 0. The van der Waals surface area contributed by atoms with E-state index in [4.69, 9.17) is 4.74 Å². The van der Waals surface area contributed by atoms with E-state index in [0.717, 1.165) is 12.0 Å². The molecule has 22 heavy (non-hydrogen) atoms. The topological polar surface area (TPSA) is 26.3 Å². The number of carbonyl (C=O) groups excluding carboxylic acids is 1. The Morgan fingerprint density at radius 3 is 2.86 bits per heavy atom. The Bertz CT molecular complexity index is 526. The average molecular weight is 302 g/mol. The largest absolute Gasteiger partial charge is 0.462 e. The second-order valence-corrected chi connectivity index (χ2v) is 8.43. The predicted molar refractivity (Wildman–Crippen MR) is 89.4 cm³/mol. The van der Waals surface area contributed by atoms with Crippen LogP contribution in [0.15, 0.2) is 23.3 Å². The van der Waals surface area contributed by atoms with Crippen LogP contribution in [0, 0.1) is 22.7 Å².